The maximum absolute atomic E-state index is 14.1. The smallest absolute Gasteiger partial charge is 0.273 e. The van der Waals surface area contributed by atoms with Crippen LogP contribution >= 0.6 is 0 Å². The summed E-state index contributed by atoms with van der Waals surface area (Å²) in [4.78, 5) is 13.0. The molecule has 1 N–H and O–H groups in total. The van der Waals surface area contributed by atoms with Gasteiger partial charge >= 0.3 is 0 Å². The van der Waals surface area contributed by atoms with Gasteiger partial charge in [0.2, 0.25) is 10.0 Å². The largest absolute Gasteiger partial charge is 0.345 e. The van der Waals surface area contributed by atoms with Crippen LogP contribution in [0.25, 0.3) is 0 Å². The Balaban J connectivity index is 1.58. The third-order valence-corrected chi connectivity index (χ3v) is 7.36. The Morgan fingerprint density at radius 1 is 1.19 bits per heavy atom. The zero-order chi connectivity index (χ0) is 23.0. The molecule has 1 aliphatic heterocycles. The quantitative estimate of drug-likeness (QED) is 0.609. The zero-order valence-corrected chi connectivity index (χ0v) is 18.5. The van der Waals surface area contributed by atoms with E-state index >= 15 is 0 Å². The number of carbonyl (C=O) groups is 1. The van der Waals surface area contributed by atoms with Crippen LogP contribution in [0.3, 0.4) is 0 Å². The number of benzene rings is 1. The van der Waals surface area contributed by atoms with Crippen LogP contribution in [0.2, 0.25) is 0 Å². The number of nitrogens with zero attached hydrogens (tertiary/aromatic N) is 4. The average molecular weight is 464 g/mol. The van der Waals surface area contributed by atoms with Gasteiger partial charge in [-0.1, -0.05) is 0 Å². The highest BCUT2D eigenvalue weighted by Crippen LogP contribution is 2.24. The van der Waals surface area contributed by atoms with Crippen molar-refractivity contribution in [2.24, 2.45) is 7.05 Å². The Kier molecular flexibility index (Phi) is 5.87. The standard InChI is InChI=1S/C21H23F2N5O3S/c1-14-11-24-28(12-15-9-16(22)5-6-18(15)23)20(14)25-21(29)19-10-17(13-26(19)2)32(30,31)27-7-3-4-8-27/h5-6,9-11,13H,3-4,7-8,12H2,1-2H3,(H,25,29). The van der Waals surface area contributed by atoms with Crippen molar-refractivity contribution in [3.8, 4) is 0 Å². The second-order valence-corrected chi connectivity index (χ2v) is 9.74. The minimum absolute atomic E-state index is 0.0547. The molecule has 32 heavy (non-hydrogen) atoms. The van der Waals surface area contributed by atoms with Crippen molar-refractivity contribution in [2.75, 3.05) is 18.4 Å². The van der Waals surface area contributed by atoms with Crippen molar-refractivity contribution >= 4 is 21.7 Å². The molecule has 0 radical (unpaired) electrons. The minimum atomic E-state index is -3.66. The summed E-state index contributed by atoms with van der Waals surface area (Å²) in [7, 11) is -2.08. The SMILES string of the molecule is Cc1cnn(Cc2cc(F)ccc2F)c1NC(=O)c1cc(S(=O)(=O)N2CCCC2)cn1C. The van der Waals surface area contributed by atoms with Crippen molar-refractivity contribution in [1.29, 1.82) is 0 Å². The number of carbonyl (C=O) groups excluding carboxylic acids is 1. The zero-order valence-electron chi connectivity index (χ0n) is 17.7. The van der Waals surface area contributed by atoms with E-state index < -0.39 is 27.6 Å². The highest BCUT2D eigenvalue weighted by atomic mass is 32.2. The summed E-state index contributed by atoms with van der Waals surface area (Å²) in [5.41, 5.74) is 0.850. The maximum atomic E-state index is 14.1. The summed E-state index contributed by atoms with van der Waals surface area (Å²) >= 11 is 0. The van der Waals surface area contributed by atoms with Crippen LogP contribution in [0, 0.1) is 18.6 Å². The third-order valence-electron chi connectivity index (χ3n) is 5.50. The molecule has 0 spiro atoms. The lowest BCUT2D eigenvalue weighted by molar-refractivity contribution is 0.101. The molecule has 3 heterocycles. The van der Waals surface area contributed by atoms with Crippen LogP contribution in [0.15, 0.2) is 41.6 Å². The molecule has 11 heteroatoms. The topological polar surface area (TPSA) is 89.2 Å². The van der Waals surface area contributed by atoms with Crippen LogP contribution < -0.4 is 5.32 Å². The number of halogens is 2. The highest BCUT2D eigenvalue weighted by Gasteiger charge is 2.29. The molecule has 1 amide bonds. The van der Waals surface area contributed by atoms with Crippen LogP contribution in [0.4, 0.5) is 14.6 Å². The van der Waals surface area contributed by atoms with Crippen molar-refractivity contribution in [2.45, 2.75) is 31.2 Å². The van der Waals surface area contributed by atoms with E-state index in [2.05, 4.69) is 10.4 Å². The second kappa shape index (κ2) is 8.47. The molecular weight excluding hydrogens is 440 g/mol. The molecule has 3 aromatic rings. The summed E-state index contributed by atoms with van der Waals surface area (Å²) < 4.78 is 57.4. The van der Waals surface area contributed by atoms with Crippen molar-refractivity contribution in [1.82, 2.24) is 18.7 Å². The predicted molar refractivity (Wildman–Crippen MR) is 114 cm³/mol. The van der Waals surface area contributed by atoms with Crippen LogP contribution in [-0.4, -0.2) is 46.1 Å². The number of hydrogen-bond acceptors (Lipinski definition) is 4. The number of aryl methyl sites for hydroxylation is 2. The molecule has 0 saturated carbocycles. The molecule has 1 aromatic carbocycles. The van der Waals surface area contributed by atoms with E-state index in [-0.39, 0.29) is 22.7 Å². The molecule has 2 aromatic heterocycles. The van der Waals surface area contributed by atoms with E-state index in [1.54, 1.807) is 14.0 Å². The fraction of sp³-hybridized carbons (Fsp3) is 0.333. The number of hydrogen-bond donors (Lipinski definition) is 1. The van der Waals surface area contributed by atoms with Gasteiger partial charge in [-0.15, -0.1) is 0 Å². The van der Waals surface area contributed by atoms with E-state index in [4.69, 9.17) is 0 Å². The van der Waals surface area contributed by atoms with Gasteiger partial charge in [0.05, 0.1) is 12.7 Å². The molecule has 0 aliphatic carbocycles. The summed E-state index contributed by atoms with van der Waals surface area (Å²) in [5, 5.41) is 6.87. The fourth-order valence-corrected chi connectivity index (χ4v) is 5.33. The van der Waals surface area contributed by atoms with E-state index in [1.807, 2.05) is 0 Å². The molecule has 0 atom stereocenters. The average Bonchev–Trinajstić information content (AvgIpc) is 3.48. The predicted octanol–water partition coefficient (Wildman–Crippen LogP) is 2.89. The Hall–Kier alpha value is -3.05. The van der Waals surface area contributed by atoms with Gasteiger partial charge in [0.15, 0.2) is 0 Å². The van der Waals surface area contributed by atoms with Crippen LogP contribution in [0.1, 0.15) is 34.5 Å². The third kappa shape index (κ3) is 4.17. The Labute approximate surface area is 184 Å². The summed E-state index contributed by atoms with van der Waals surface area (Å²) in [6, 6.07) is 4.47. The first-order valence-electron chi connectivity index (χ1n) is 10.1. The number of aromatic nitrogens is 3. The Bertz CT molecular complexity index is 1280. The summed E-state index contributed by atoms with van der Waals surface area (Å²) in [6.45, 7) is 2.56. The lowest BCUT2D eigenvalue weighted by atomic mass is 10.2. The van der Waals surface area contributed by atoms with Crippen LogP contribution in [-0.2, 0) is 23.6 Å². The van der Waals surface area contributed by atoms with E-state index in [0.29, 0.717) is 24.5 Å². The first-order valence-corrected chi connectivity index (χ1v) is 11.5. The minimum Gasteiger partial charge on any atom is -0.345 e. The maximum Gasteiger partial charge on any atom is 0.273 e. The second-order valence-electron chi connectivity index (χ2n) is 7.81. The number of rotatable bonds is 6. The lowest BCUT2D eigenvalue weighted by Gasteiger charge is -2.13. The molecule has 8 nitrogen and oxygen atoms in total. The molecule has 1 saturated heterocycles. The number of sulfonamides is 1. The van der Waals surface area contributed by atoms with Crippen LogP contribution in [0.5, 0.6) is 0 Å². The van der Waals surface area contributed by atoms with E-state index in [1.165, 1.54) is 32.0 Å². The molecule has 1 fully saturated rings. The van der Waals surface area contributed by atoms with Crippen molar-refractivity contribution < 1.29 is 22.0 Å². The molecular formula is C21H23F2N5O3S. The van der Waals surface area contributed by atoms with Gasteiger partial charge in [-0.2, -0.15) is 9.40 Å². The first-order chi connectivity index (χ1) is 15.2. The van der Waals surface area contributed by atoms with Gasteiger partial charge in [0.1, 0.15) is 28.0 Å². The van der Waals surface area contributed by atoms with E-state index in [0.717, 1.165) is 31.0 Å². The summed E-state index contributed by atoms with van der Waals surface area (Å²) in [6.07, 6.45) is 4.54. The van der Waals surface area contributed by atoms with Gasteiger partial charge in [0.25, 0.3) is 5.91 Å². The van der Waals surface area contributed by atoms with Gasteiger partial charge in [-0.3, -0.25) is 4.79 Å². The molecule has 1 aliphatic rings. The molecule has 170 valence electrons. The molecule has 0 bridgehead atoms. The Morgan fingerprint density at radius 2 is 1.91 bits per heavy atom. The number of nitrogens with one attached hydrogen (secondary N) is 1. The number of amides is 1. The van der Waals surface area contributed by atoms with Gasteiger partial charge < -0.3 is 9.88 Å². The van der Waals surface area contributed by atoms with Crippen molar-refractivity contribution in [3.05, 3.63) is 65.1 Å². The monoisotopic (exact) mass is 463 g/mol. The van der Waals surface area contributed by atoms with Crippen molar-refractivity contribution in [3.63, 3.8) is 0 Å². The van der Waals surface area contributed by atoms with Gasteiger partial charge in [0, 0.05) is 37.5 Å². The highest BCUT2D eigenvalue weighted by molar-refractivity contribution is 7.89. The normalized spacial score (nSPS) is 14.8. The van der Waals surface area contributed by atoms with Gasteiger partial charge in [-0.05, 0) is 44.0 Å². The molecule has 4 rings (SSSR count). The summed E-state index contributed by atoms with van der Waals surface area (Å²) in [5.74, 6) is -1.40. The van der Waals surface area contributed by atoms with Gasteiger partial charge in [-0.25, -0.2) is 21.9 Å². The fourth-order valence-electron chi connectivity index (χ4n) is 3.74. The van der Waals surface area contributed by atoms with E-state index in [9.17, 15) is 22.0 Å². The lowest BCUT2D eigenvalue weighted by Crippen LogP contribution is -2.27. The first kappa shape index (κ1) is 22.2. The number of anilines is 1. The Morgan fingerprint density at radius 3 is 2.62 bits per heavy atom. The molecule has 0 unspecified atom stereocenters.